The number of thiazole rings is 1. The Bertz CT molecular complexity index is 1620. The standard InChI is InChI=1S/C18H15N3O4S.C8H10AsNO5/c1-2-25-17(22)13-6-3-7-14(9-13)19-18-20-16(11-26-18)12-5-4-8-15(10-12)21(23)24;1-5(11)10-6-2-3-7(8(12)4-6)9(13,14)15/h3-11H,2H2,1H3,(H,19,20);2-4,12H,1H3,(H,10,11)(H2,13,14,15). The molecule has 15 heteroatoms. The summed E-state index contributed by atoms with van der Waals surface area (Å²) in [6.45, 7) is 3.36. The summed E-state index contributed by atoms with van der Waals surface area (Å²) in [6.07, 6.45) is 0. The van der Waals surface area contributed by atoms with Crippen LogP contribution in [0.1, 0.15) is 24.2 Å². The smallest absolute Gasteiger partial charge is 0.338 e. The van der Waals surface area contributed by atoms with Crippen molar-refractivity contribution in [1.82, 2.24) is 4.98 Å². The van der Waals surface area contributed by atoms with Crippen LogP contribution in [0.15, 0.2) is 72.1 Å². The van der Waals surface area contributed by atoms with E-state index < -0.39 is 29.2 Å². The summed E-state index contributed by atoms with van der Waals surface area (Å²) in [5.41, 5.74) is 2.77. The molecule has 0 aliphatic rings. The Balaban J connectivity index is 0.000000263. The normalized spacial score (nSPS) is 10.6. The molecule has 0 radical (unpaired) electrons. The molecule has 1 heterocycles. The predicted octanol–water partition coefficient (Wildman–Crippen LogP) is 3.55. The summed E-state index contributed by atoms with van der Waals surface area (Å²) >= 11 is -3.72. The van der Waals surface area contributed by atoms with Gasteiger partial charge in [0, 0.05) is 28.8 Å². The van der Waals surface area contributed by atoms with Crippen molar-refractivity contribution in [2.75, 3.05) is 17.2 Å². The predicted molar refractivity (Wildman–Crippen MR) is 153 cm³/mol. The fourth-order valence-corrected chi connectivity index (χ4v) is 5.42. The molecule has 4 rings (SSSR count). The van der Waals surface area contributed by atoms with E-state index in [0.717, 1.165) is 12.1 Å². The van der Waals surface area contributed by atoms with Gasteiger partial charge < -0.3 is 10.1 Å². The summed E-state index contributed by atoms with van der Waals surface area (Å²) in [5.74, 6) is -1.23. The van der Waals surface area contributed by atoms with E-state index in [-0.39, 0.29) is 23.3 Å². The number of nitro benzene ring substituents is 1. The second-order valence-corrected chi connectivity index (χ2v) is 12.4. The van der Waals surface area contributed by atoms with Gasteiger partial charge in [-0.3, -0.25) is 10.1 Å². The molecule has 5 N–H and O–H groups in total. The number of ether oxygens (including phenoxy) is 1. The second-order valence-electron chi connectivity index (χ2n) is 8.20. The van der Waals surface area contributed by atoms with Crippen molar-refractivity contribution in [3.63, 3.8) is 0 Å². The fraction of sp³-hybridized carbons (Fsp3) is 0.115. The third-order valence-corrected chi connectivity index (χ3v) is 7.96. The van der Waals surface area contributed by atoms with E-state index >= 15 is 0 Å². The van der Waals surface area contributed by atoms with E-state index in [4.69, 9.17) is 12.9 Å². The molecule has 0 unspecified atom stereocenters. The zero-order valence-electron chi connectivity index (χ0n) is 21.7. The molecule has 214 valence electrons. The zero-order chi connectivity index (χ0) is 30.2. The first kappa shape index (κ1) is 31.0. The number of anilines is 3. The molecule has 1 amide bonds. The van der Waals surface area contributed by atoms with E-state index in [9.17, 15) is 28.5 Å². The molecule has 0 spiro atoms. The molecule has 0 saturated heterocycles. The van der Waals surface area contributed by atoms with Crippen LogP contribution in [-0.2, 0) is 13.3 Å². The van der Waals surface area contributed by atoms with Crippen LogP contribution in [0.2, 0.25) is 0 Å². The molecule has 0 aliphatic carbocycles. The van der Waals surface area contributed by atoms with E-state index in [2.05, 4.69) is 15.6 Å². The number of rotatable bonds is 8. The molecular formula is C26H25AsN4O9S. The van der Waals surface area contributed by atoms with Gasteiger partial charge in [-0.15, -0.1) is 11.3 Å². The number of aromatic nitrogens is 1. The maximum Gasteiger partial charge on any atom is 0.338 e. The second kappa shape index (κ2) is 13.7. The first-order valence-electron chi connectivity index (χ1n) is 11.8. The van der Waals surface area contributed by atoms with E-state index in [1.165, 1.54) is 36.5 Å². The maximum atomic E-state index is 11.8. The van der Waals surface area contributed by atoms with Gasteiger partial charge in [-0.1, -0.05) is 18.2 Å². The van der Waals surface area contributed by atoms with Crippen molar-refractivity contribution >= 4 is 63.9 Å². The van der Waals surface area contributed by atoms with Crippen LogP contribution >= 0.6 is 11.3 Å². The van der Waals surface area contributed by atoms with Gasteiger partial charge in [0.05, 0.1) is 22.8 Å². The molecule has 0 fully saturated rings. The Morgan fingerprint density at radius 3 is 2.44 bits per heavy atom. The van der Waals surface area contributed by atoms with Crippen LogP contribution in [0, 0.1) is 10.1 Å². The number of nitrogens with zero attached hydrogens (tertiary/aromatic N) is 2. The number of benzene rings is 3. The van der Waals surface area contributed by atoms with Gasteiger partial charge in [-0.25, -0.2) is 9.78 Å². The van der Waals surface area contributed by atoms with Crippen LogP contribution in [0.3, 0.4) is 0 Å². The van der Waals surface area contributed by atoms with Gasteiger partial charge >= 0.3 is 94.1 Å². The van der Waals surface area contributed by atoms with Crippen LogP contribution in [0.4, 0.5) is 22.2 Å². The number of hydrogen-bond donors (Lipinski definition) is 5. The molecule has 4 aromatic rings. The number of amides is 1. The average molecular weight is 644 g/mol. The number of nitrogens with one attached hydrogen (secondary N) is 2. The summed E-state index contributed by atoms with van der Waals surface area (Å²) in [7, 11) is 0. The molecule has 13 nitrogen and oxygen atoms in total. The Kier molecular flexibility index (Phi) is 10.4. The SMILES string of the molecule is CC(=O)Nc1ccc([As](=O)(O)O)c(O)c1.CCOC(=O)c1cccc(Nc2nc(-c3cccc([N+](=O)[O-])c3)cs2)c1. The number of esters is 1. The maximum absolute atomic E-state index is 11.8. The molecule has 3 aromatic carbocycles. The van der Waals surface area contributed by atoms with Gasteiger partial charge in [0.2, 0.25) is 0 Å². The number of hydrogen-bond acceptors (Lipinski definition) is 10. The first-order chi connectivity index (χ1) is 19.4. The van der Waals surface area contributed by atoms with Crippen LogP contribution in [-0.4, -0.2) is 55.9 Å². The van der Waals surface area contributed by atoms with Gasteiger partial charge in [-0.2, -0.15) is 0 Å². The summed E-state index contributed by atoms with van der Waals surface area (Å²) in [4.78, 5) is 37.4. The van der Waals surface area contributed by atoms with Crippen LogP contribution < -0.4 is 15.0 Å². The quantitative estimate of drug-likeness (QED) is 0.0813. The summed E-state index contributed by atoms with van der Waals surface area (Å²) in [6, 6.07) is 16.8. The summed E-state index contributed by atoms with van der Waals surface area (Å²) < 4.78 is 33.2. The third kappa shape index (κ3) is 9.01. The van der Waals surface area contributed by atoms with E-state index in [1.54, 1.807) is 37.3 Å². The summed E-state index contributed by atoms with van der Waals surface area (Å²) in [5, 5.41) is 28.2. The van der Waals surface area contributed by atoms with Crippen molar-refractivity contribution in [2.45, 2.75) is 13.8 Å². The number of phenolic OH excluding ortho intramolecular Hbond substituents is 1. The minimum Gasteiger partial charge on any atom is -0.462 e. The van der Waals surface area contributed by atoms with Crippen molar-refractivity contribution in [2.24, 2.45) is 0 Å². The average Bonchev–Trinajstić information content (AvgIpc) is 3.37. The van der Waals surface area contributed by atoms with Gasteiger partial charge in [0.1, 0.15) is 0 Å². The number of carbonyl (C=O) groups is 2. The topological polar surface area (TPSA) is 201 Å². The third-order valence-electron chi connectivity index (χ3n) is 5.09. The molecule has 0 saturated carbocycles. The Morgan fingerprint density at radius 1 is 1.07 bits per heavy atom. The number of carbonyl (C=O) groups excluding carboxylic acids is 2. The van der Waals surface area contributed by atoms with Crippen molar-refractivity contribution in [3.05, 3.63) is 87.8 Å². The number of phenols is 1. The van der Waals surface area contributed by atoms with Crippen molar-refractivity contribution in [3.8, 4) is 17.0 Å². The molecule has 0 aliphatic heterocycles. The fourth-order valence-electron chi connectivity index (χ4n) is 3.36. The Morgan fingerprint density at radius 2 is 1.80 bits per heavy atom. The monoisotopic (exact) mass is 644 g/mol. The molecule has 41 heavy (non-hydrogen) atoms. The number of nitro groups is 1. The molecule has 1 aromatic heterocycles. The van der Waals surface area contributed by atoms with Gasteiger partial charge in [0.15, 0.2) is 5.13 Å². The van der Waals surface area contributed by atoms with E-state index in [1.807, 2.05) is 11.4 Å². The number of aromatic hydroxyl groups is 1. The molecule has 0 atom stereocenters. The Labute approximate surface area is 240 Å². The number of non-ortho nitro benzene ring substituents is 1. The zero-order valence-corrected chi connectivity index (χ0v) is 24.4. The van der Waals surface area contributed by atoms with Crippen LogP contribution in [0.5, 0.6) is 5.75 Å². The largest absolute Gasteiger partial charge is 0.462 e. The first-order valence-corrected chi connectivity index (χ1v) is 16.0. The van der Waals surface area contributed by atoms with E-state index in [0.29, 0.717) is 34.2 Å². The minimum absolute atomic E-state index is 0.0205. The Hall–Kier alpha value is -4.49. The molecular weight excluding hydrogens is 619 g/mol. The minimum atomic E-state index is -5.09. The van der Waals surface area contributed by atoms with Crippen molar-refractivity contribution < 1.29 is 36.3 Å². The van der Waals surface area contributed by atoms with Crippen LogP contribution in [0.25, 0.3) is 11.3 Å². The molecule has 0 bridgehead atoms. The van der Waals surface area contributed by atoms with Gasteiger partial charge in [0.25, 0.3) is 5.69 Å². The van der Waals surface area contributed by atoms with Crippen molar-refractivity contribution in [1.29, 1.82) is 0 Å². The van der Waals surface area contributed by atoms with Gasteiger partial charge in [-0.05, 0) is 25.1 Å².